The number of nitrogens with one attached hydrogen (secondary N) is 3. The molecule has 0 fully saturated rings. The number of hydrogen-bond donors (Lipinski definition) is 3. The van der Waals surface area contributed by atoms with E-state index in [4.69, 9.17) is 5.26 Å². The summed E-state index contributed by atoms with van der Waals surface area (Å²) in [5.41, 5.74) is 5.77. The monoisotopic (exact) mass is 362 g/mol. The third-order valence-electron chi connectivity index (χ3n) is 4.89. The molecule has 2 aromatic heterocycles. The number of nitriles is 1. The van der Waals surface area contributed by atoms with Crippen molar-refractivity contribution >= 4 is 16.8 Å². The molecule has 1 amide bonds. The van der Waals surface area contributed by atoms with Crippen LogP contribution in [0.4, 0.5) is 0 Å². The van der Waals surface area contributed by atoms with Gasteiger partial charge in [0.2, 0.25) is 0 Å². The van der Waals surface area contributed by atoms with E-state index in [0.29, 0.717) is 17.8 Å². The number of aromatic amines is 2. The molecule has 0 unspecified atom stereocenters. The van der Waals surface area contributed by atoms with E-state index >= 15 is 0 Å². The number of nitrogens with zero attached hydrogens (tertiary/aromatic N) is 1. The molecule has 0 spiro atoms. The molecule has 0 atom stereocenters. The maximum atomic E-state index is 12.6. The summed E-state index contributed by atoms with van der Waals surface area (Å²) in [6, 6.07) is 7.35. The Kier molecular flexibility index (Phi) is 4.87. The summed E-state index contributed by atoms with van der Waals surface area (Å²) in [6.07, 6.45) is 0.916. The summed E-state index contributed by atoms with van der Waals surface area (Å²) < 4.78 is 0. The molecule has 138 valence electrons. The van der Waals surface area contributed by atoms with E-state index in [1.807, 2.05) is 13.0 Å². The molecule has 0 saturated carbocycles. The number of carbonyl (C=O) groups is 1. The van der Waals surface area contributed by atoms with Crippen LogP contribution in [0.3, 0.4) is 0 Å². The smallest absolute Gasteiger partial charge is 0.266 e. The van der Waals surface area contributed by atoms with Crippen molar-refractivity contribution in [2.75, 3.05) is 0 Å². The van der Waals surface area contributed by atoms with E-state index < -0.39 is 5.56 Å². The predicted octanol–water partition coefficient (Wildman–Crippen LogP) is 3.15. The number of pyridine rings is 1. The standard InChI is InChI=1S/C21H22N4O2/c1-5-18-12(3)16-7-11(2)6-15(19(16)25-18)10-23-21(27)17-8-14(9-22)20(26)24-13(17)4/h6-8,25H,5,10H2,1-4H3,(H,23,27)(H,24,26). The lowest BCUT2D eigenvalue weighted by molar-refractivity contribution is 0.0950. The minimum atomic E-state index is -0.485. The maximum Gasteiger partial charge on any atom is 0.266 e. The Morgan fingerprint density at radius 3 is 2.59 bits per heavy atom. The fourth-order valence-corrected chi connectivity index (χ4v) is 3.42. The highest BCUT2D eigenvalue weighted by Gasteiger charge is 2.15. The molecule has 0 aliphatic heterocycles. The second-order valence-electron chi connectivity index (χ2n) is 6.77. The van der Waals surface area contributed by atoms with Gasteiger partial charge in [-0.3, -0.25) is 9.59 Å². The van der Waals surface area contributed by atoms with Gasteiger partial charge in [0, 0.05) is 23.3 Å². The molecule has 2 heterocycles. The van der Waals surface area contributed by atoms with Gasteiger partial charge in [-0.05, 0) is 50.5 Å². The molecule has 6 heteroatoms. The first-order valence-corrected chi connectivity index (χ1v) is 8.88. The summed E-state index contributed by atoms with van der Waals surface area (Å²) in [4.78, 5) is 30.3. The van der Waals surface area contributed by atoms with E-state index in [0.717, 1.165) is 23.1 Å². The van der Waals surface area contributed by atoms with E-state index in [-0.39, 0.29) is 11.5 Å². The summed E-state index contributed by atoms with van der Waals surface area (Å²) >= 11 is 0. The summed E-state index contributed by atoms with van der Waals surface area (Å²) in [5, 5.41) is 13.1. The lowest BCUT2D eigenvalue weighted by atomic mass is 10.0. The molecule has 3 aromatic rings. The zero-order valence-electron chi connectivity index (χ0n) is 15.9. The van der Waals surface area contributed by atoms with Crippen LogP contribution in [0.1, 0.15) is 50.9 Å². The number of fused-ring (bicyclic) bond motifs is 1. The summed E-state index contributed by atoms with van der Waals surface area (Å²) in [5.74, 6) is -0.325. The van der Waals surface area contributed by atoms with Crippen LogP contribution >= 0.6 is 0 Å². The number of H-pyrrole nitrogens is 2. The van der Waals surface area contributed by atoms with E-state index in [1.165, 1.54) is 22.7 Å². The maximum absolute atomic E-state index is 12.6. The van der Waals surface area contributed by atoms with Crippen molar-refractivity contribution in [1.82, 2.24) is 15.3 Å². The second kappa shape index (κ2) is 7.12. The van der Waals surface area contributed by atoms with Gasteiger partial charge in [-0.15, -0.1) is 0 Å². The Bertz CT molecular complexity index is 1150. The van der Waals surface area contributed by atoms with Crippen molar-refractivity contribution in [2.45, 2.75) is 40.7 Å². The number of rotatable bonds is 4. The molecule has 0 aliphatic rings. The average Bonchev–Trinajstić information content (AvgIpc) is 2.95. The van der Waals surface area contributed by atoms with Crippen LogP contribution in [0.2, 0.25) is 0 Å². The first-order valence-electron chi connectivity index (χ1n) is 8.88. The minimum Gasteiger partial charge on any atom is -0.358 e. The van der Waals surface area contributed by atoms with E-state index in [2.05, 4.69) is 41.3 Å². The third-order valence-corrected chi connectivity index (χ3v) is 4.89. The molecule has 6 nitrogen and oxygen atoms in total. The number of carbonyl (C=O) groups excluding carboxylic acids is 1. The molecule has 0 aliphatic carbocycles. The van der Waals surface area contributed by atoms with Crippen molar-refractivity contribution in [3.63, 3.8) is 0 Å². The van der Waals surface area contributed by atoms with Gasteiger partial charge in [0.05, 0.1) is 11.1 Å². The van der Waals surface area contributed by atoms with Crippen molar-refractivity contribution in [2.24, 2.45) is 0 Å². The number of aryl methyl sites for hydroxylation is 4. The van der Waals surface area contributed by atoms with Crippen LogP contribution < -0.4 is 10.9 Å². The molecule has 3 rings (SSSR count). The molecular weight excluding hydrogens is 340 g/mol. The van der Waals surface area contributed by atoms with Gasteiger partial charge >= 0.3 is 0 Å². The highest BCUT2D eigenvalue weighted by Crippen LogP contribution is 2.26. The number of aromatic nitrogens is 2. The molecule has 0 saturated heterocycles. The van der Waals surface area contributed by atoms with Crippen molar-refractivity contribution in [1.29, 1.82) is 5.26 Å². The predicted molar refractivity (Wildman–Crippen MR) is 105 cm³/mol. The lowest BCUT2D eigenvalue weighted by Gasteiger charge is -2.10. The lowest BCUT2D eigenvalue weighted by Crippen LogP contribution is -2.26. The number of amides is 1. The molecule has 3 N–H and O–H groups in total. The first-order chi connectivity index (χ1) is 12.8. The van der Waals surface area contributed by atoms with Crippen LogP contribution in [0.5, 0.6) is 0 Å². The molecule has 0 radical (unpaired) electrons. The Labute approximate surface area is 157 Å². The van der Waals surface area contributed by atoms with Crippen molar-refractivity contribution in [3.05, 3.63) is 67.8 Å². The fraction of sp³-hybridized carbons (Fsp3) is 0.286. The van der Waals surface area contributed by atoms with Gasteiger partial charge in [0.1, 0.15) is 11.6 Å². The van der Waals surface area contributed by atoms with Crippen LogP contribution in [-0.2, 0) is 13.0 Å². The Morgan fingerprint density at radius 2 is 1.93 bits per heavy atom. The van der Waals surface area contributed by atoms with Crippen molar-refractivity contribution < 1.29 is 4.79 Å². The Morgan fingerprint density at radius 1 is 1.19 bits per heavy atom. The zero-order valence-corrected chi connectivity index (χ0v) is 15.9. The van der Waals surface area contributed by atoms with Gasteiger partial charge < -0.3 is 15.3 Å². The van der Waals surface area contributed by atoms with E-state index in [9.17, 15) is 9.59 Å². The van der Waals surface area contributed by atoms with Crippen LogP contribution in [0.25, 0.3) is 10.9 Å². The van der Waals surface area contributed by atoms with Crippen LogP contribution in [0.15, 0.2) is 23.0 Å². The highest BCUT2D eigenvalue weighted by atomic mass is 16.1. The van der Waals surface area contributed by atoms with E-state index in [1.54, 1.807) is 6.92 Å². The number of benzene rings is 1. The molecule has 27 heavy (non-hydrogen) atoms. The zero-order chi connectivity index (χ0) is 19.7. The van der Waals surface area contributed by atoms with Gasteiger partial charge in [0.15, 0.2) is 0 Å². The molecule has 0 bridgehead atoms. The minimum absolute atomic E-state index is 0.0729. The second-order valence-corrected chi connectivity index (χ2v) is 6.77. The highest BCUT2D eigenvalue weighted by molar-refractivity contribution is 5.96. The van der Waals surface area contributed by atoms with Gasteiger partial charge in [-0.2, -0.15) is 5.26 Å². The summed E-state index contributed by atoms with van der Waals surface area (Å²) in [7, 11) is 0. The average molecular weight is 362 g/mol. The third kappa shape index (κ3) is 3.36. The fourth-order valence-electron chi connectivity index (χ4n) is 3.42. The SMILES string of the molecule is CCc1[nH]c2c(CNC(=O)c3cc(C#N)c(=O)[nH]c3C)cc(C)cc2c1C. The summed E-state index contributed by atoms with van der Waals surface area (Å²) in [6.45, 7) is 8.24. The largest absolute Gasteiger partial charge is 0.358 e. The normalized spacial score (nSPS) is 10.8. The first kappa shape index (κ1) is 18.5. The topological polar surface area (TPSA) is 102 Å². The van der Waals surface area contributed by atoms with Crippen LogP contribution in [0, 0.1) is 32.1 Å². The van der Waals surface area contributed by atoms with Gasteiger partial charge in [-0.1, -0.05) is 18.6 Å². The quantitative estimate of drug-likeness (QED) is 0.664. The van der Waals surface area contributed by atoms with Crippen LogP contribution in [-0.4, -0.2) is 15.9 Å². The molecule has 1 aromatic carbocycles. The Hall–Kier alpha value is -3.33. The van der Waals surface area contributed by atoms with Crippen molar-refractivity contribution in [3.8, 4) is 6.07 Å². The Balaban J connectivity index is 1.92. The molecular formula is C21H22N4O2. The van der Waals surface area contributed by atoms with Gasteiger partial charge in [-0.25, -0.2) is 0 Å². The van der Waals surface area contributed by atoms with Gasteiger partial charge in [0.25, 0.3) is 11.5 Å². The number of hydrogen-bond acceptors (Lipinski definition) is 3.